The van der Waals surface area contributed by atoms with Crippen molar-refractivity contribution >= 4 is 21.7 Å². The SMILES string of the molecule is COc1cccc(S(=O)(=O)Nc2ccc(OCCOc3ccccc3CCC(=O)O)cc2)c1. The van der Waals surface area contributed by atoms with Gasteiger partial charge in [-0.3, -0.25) is 9.52 Å². The minimum atomic E-state index is -3.75. The van der Waals surface area contributed by atoms with Gasteiger partial charge in [0.2, 0.25) is 0 Å². The van der Waals surface area contributed by atoms with Gasteiger partial charge < -0.3 is 19.3 Å². The van der Waals surface area contributed by atoms with Crippen LogP contribution in [0.5, 0.6) is 17.2 Å². The second-order valence-electron chi connectivity index (χ2n) is 7.01. The van der Waals surface area contributed by atoms with Crippen molar-refractivity contribution in [2.75, 3.05) is 25.0 Å². The molecule has 0 radical (unpaired) electrons. The summed E-state index contributed by atoms with van der Waals surface area (Å²) in [5, 5.41) is 8.86. The number of nitrogens with one attached hydrogen (secondary N) is 1. The lowest BCUT2D eigenvalue weighted by molar-refractivity contribution is -0.136. The van der Waals surface area contributed by atoms with Crippen molar-refractivity contribution in [2.45, 2.75) is 17.7 Å². The third-order valence-electron chi connectivity index (χ3n) is 4.65. The minimum Gasteiger partial charge on any atom is -0.497 e. The van der Waals surface area contributed by atoms with E-state index in [0.717, 1.165) is 5.56 Å². The molecule has 0 heterocycles. The Morgan fingerprint density at radius 3 is 2.36 bits per heavy atom. The first-order valence-corrected chi connectivity index (χ1v) is 11.7. The predicted molar refractivity (Wildman–Crippen MR) is 124 cm³/mol. The highest BCUT2D eigenvalue weighted by molar-refractivity contribution is 7.92. The molecule has 0 unspecified atom stereocenters. The number of aryl methyl sites for hydroxylation is 1. The van der Waals surface area contributed by atoms with Crippen molar-refractivity contribution in [1.82, 2.24) is 0 Å². The molecule has 3 aromatic carbocycles. The number of hydrogen-bond donors (Lipinski definition) is 2. The third-order valence-corrected chi connectivity index (χ3v) is 6.03. The van der Waals surface area contributed by atoms with Gasteiger partial charge in [0.1, 0.15) is 30.5 Å². The zero-order valence-electron chi connectivity index (χ0n) is 18.1. The van der Waals surface area contributed by atoms with Crippen molar-refractivity contribution in [2.24, 2.45) is 0 Å². The molecule has 0 saturated carbocycles. The Kier molecular flexibility index (Phi) is 8.15. The first-order chi connectivity index (χ1) is 15.9. The molecular weight excluding hydrogens is 446 g/mol. The van der Waals surface area contributed by atoms with Gasteiger partial charge in [-0.2, -0.15) is 0 Å². The highest BCUT2D eigenvalue weighted by atomic mass is 32.2. The van der Waals surface area contributed by atoms with Crippen LogP contribution in [0.15, 0.2) is 77.7 Å². The monoisotopic (exact) mass is 471 g/mol. The summed E-state index contributed by atoms with van der Waals surface area (Å²) in [6, 6.07) is 20.0. The smallest absolute Gasteiger partial charge is 0.303 e. The van der Waals surface area contributed by atoms with Crippen LogP contribution in [0.2, 0.25) is 0 Å². The Hall–Kier alpha value is -3.72. The number of aliphatic carboxylic acids is 1. The third kappa shape index (κ3) is 7.15. The lowest BCUT2D eigenvalue weighted by Gasteiger charge is -2.12. The molecule has 8 nitrogen and oxygen atoms in total. The molecule has 0 spiro atoms. The Bertz CT molecular complexity index is 1180. The van der Waals surface area contributed by atoms with E-state index in [9.17, 15) is 13.2 Å². The summed E-state index contributed by atoms with van der Waals surface area (Å²) >= 11 is 0. The van der Waals surface area contributed by atoms with Gasteiger partial charge >= 0.3 is 5.97 Å². The lowest BCUT2D eigenvalue weighted by Crippen LogP contribution is -2.13. The molecule has 0 atom stereocenters. The minimum absolute atomic E-state index is 0.0325. The molecule has 9 heteroatoms. The van der Waals surface area contributed by atoms with Gasteiger partial charge in [0, 0.05) is 18.2 Å². The zero-order chi connectivity index (χ0) is 23.7. The maximum absolute atomic E-state index is 12.6. The quantitative estimate of drug-likeness (QED) is 0.385. The van der Waals surface area contributed by atoms with Crippen molar-refractivity contribution in [3.8, 4) is 17.2 Å². The summed E-state index contributed by atoms with van der Waals surface area (Å²) in [4.78, 5) is 10.9. The molecular formula is C24H25NO7S. The van der Waals surface area contributed by atoms with Crippen LogP contribution in [0.25, 0.3) is 0 Å². The van der Waals surface area contributed by atoms with Crippen LogP contribution >= 0.6 is 0 Å². The molecule has 2 N–H and O–H groups in total. The topological polar surface area (TPSA) is 111 Å². The van der Waals surface area contributed by atoms with Gasteiger partial charge in [-0.25, -0.2) is 8.42 Å². The number of carboxylic acids is 1. The normalized spacial score (nSPS) is 10.9. The van der Waals surface area contributed by atoms with Crippen molar-refractivity contribution in [1.29, 1.82) is 0 Å². The molecule has 3 aromatic rings. The number of para-hydroxylation sites is 1. The van der Waals surface area contributed by atoms with Crippen LogP contribution in [0.3, 0.4) is 0 Å². The fraction of sp³-hybridized carbons (Fsp3) is 0.208. The number of anilines is 1. The molecule has 0 aromatic heterocycles. The zero-order valence-corrected chi connectivity index (χ0v) is 18.9. The molecule has 0 aliphatic heterocycles. The summed E-state index contributed by atoms with van der Waals surface area (Å²) in [6.07, 6.45) is 0.421. The van der Waals surface area contributed by atoms with E-state index in [2.05, 4.69) is 4.72 Å². The van der Waals surface area contributed by atoms with E-state index in [4.69, 9.17) is 19.3 Å². The van der Waals surface area contributed by atoms with E-state index >= 15 is 0 Å². The van der Waals surface area contributed by atoms with E-state index in [1.165, 1.54) is 19.2 Å². The summed E-state index contributed by atoms with van der Waals surface area (Å²) < 4.78 is 44.1. The van der Waals surface area contributed by atoms with Crippen molar-refractivity contribution < 1.29 is 32.5 Å². The number of hydrogen-bond acceptors (Lipinski definition) is 6. The molecule has 0 aliphatic carbocycles. The molecule has 0 aliphatic rings. The molecule has 174 valence electrons. The van der Waals surface area contributed by atoms with Crippen LogP contribution in [0, 0.1) is 0 Å². The number of ether oxygens (including phenoxy) is 3. The first-order valence-electron chi connectivity index (χ1n) is 10.2. The van der Waals surface area contributed by atoms with Gasteiger partial charge in [-0.15, -0.1) is 0 Å². The fourth-order valence-corrected chi connectivity index (χ4v) is 4.10. The van der Waals surface area contributed by atoms with Gasteiger partial charge in [-0.05, 0) is 54.4 Å². The van der Waals surface area contributed by atoms with E-state index < -0.39 is 16.0 Å². The van der Waals surface area contributed by atoms with Crippen LogP contribution in [-0.4, -0.2) is 39.8 Å². The number of rotatable bonds is 12. The van der Waals surface area contributed by atoms with Crippen molar-refractivity contribution in [3.63, 3.8) is 0 Å². The van der Waals surface area contributed by atoms with Crippen LogP contribution in [-0.2, 0) is 21.2 Å². The van der Waals surface area contributed by atoms with Gasteiger partial charge in [0.25, 0.3) is 10.0 Å². The van der Waals surface area contributed by atoms with Crippen LogP contribution in [0.1, 0.15) is 12.0 Å². The molecule has 0 saturated heterocycles. The molecule has 33 heavy (non-hydrogen) atoms. The largest absolute Gasteiger partial charge is 0.497 e. The maximum atomic E-state index is 12.6. The van der Waals surface area contributed by atoms with E-state index in [-0.39, 0.29) is 24.5 Å². The molecule has 0 bridgehead atoms. The fourth-order valence-electron chi connectivity index (χ4n) is 3.01. The van der Waals surface area contributed by atoms with Crippen molar-refractivity contribution in [3.05, 3.63) is 78.4 Å². The van der Waals surface area contributed by atoms with Gasteiger partial charge in [-0.1, -0.05) is 24.3 Å². The predicted octanol–water partition coefficient (Wildman–Crippen LogP) is 3.97. The number of sulfonamides is 1. The number of methoxy groups -OCH3 is 1. The van der Waals surface area contributed by atoms with E-state index in [1.807, 2.05) is 18.2 Å². The maximum Gasteiger partial charge on any atom is 0.303 e. The van der Waals surface area contributed by atoms with Crippen LogP contribution < -0.4 is 18.9 Å². The molecule has 3 rings (SSSR count). The van der Waals surface area contributed by atoms with Gasteiger partial charge in [0.15, 0.2) is 0 Å². The van der Waals surface area contributed by atoms with E-state index in [0.29, 0.717) is 29.4 Å². The molecule has 0 amide bonds. The number of benzene rings is 3. The molecule has 0 fully saturated rings. The Morgan fingerprint density at radius 1 is 0.909 bits per heavy atom. The van der Waals surface area contributed by atoms with Gasteiger partial charge in [0.05, 0.1) is 12.0 Å². The highest BCUT2D eigenvalue weighted by Gasteiger charge is 2.15. The second-order valence-corrected chi connectivity index (χ2v) is 8.69. The summed E-state index contributed by atoms with van der Waals surface area (Å²) in [5.74, 6) is 0.780. The summed E-state index contributed by atoms with van der Waals surface area (Å²) in [7, 11) is -2.28. The Balaban J connectivity index is 1.51. The lowest BCUT2D eigenvalue weighted by atomic mass is 10.1. The Labute approximate surface area is 192 Å². The Morgan fingerprint density at radius 2 is 1.64 bits per heavy atom. The average Bonchev–Trinajstić information content (AvgIpc) is 2.82. The number of carbonyl (C=O) groups is 1. The highest BCUT2D eigenvalue weighted by Crippen LogP contribution is 2.23. The van der Waals surface area contributed by atoms with Crippen LogP contribution in [0.4, 0.5) is 5.69 Å². The average molecular weight is 472 g/mol. The summed E-state index contributed by atoms with van der Waals surface area (Å²) in [5.41, 5.74) is 1.22. The standard InChI is InChI=1S/C24H25NO7S/c1-30-21-6-4-7-22(17-21)33(28,29)25-19-10-12-20(13-11-19)31-15-16-32-23-8-3-2-5-18(23)9-14-24(26)27/h2-8,10-13,17,25H,9,14-16H2,1H3,(H,26,27). The second kappa shape index (κ2) is 11.2. The number of carboxylic acid groups (broad SMARTS) is 1. The summed E-state index contributed by atoms with van der Waals surface area (Å²) in [6.45, 7) is 0.538. The van der Waals surface area contributed by atoms with E-state index in [1.54, 1.807) is 42.5 Å². The first kappa shape index (κ1) is 23.9.